The Morgan fingerprint density at radius 3 is 2.53 bits per heavy atom. The quantitative estimate of drug-likeness (QED) is 0.848. The van der Waals surface area contributed by atoms with Gasteiger partial charge in [0.1, 0.15) is 10.8 Å². The lowest BCUT2D eigenvalue weighted by Crippen LogP contribution is -2.55. The van der Waals surface area contributed by atoms with Crippen LogP contribution in [0.2, 0.25) is 4.34 Å². The number of rotatable bonds is 4. The third kappa shape index (κ3) is 3.60. The van der Waals surface area contributed by atoms with Crippen LogP contribution in [0.25, 0.3) is 0 Å². The number of halogens is 4. The smallest absolute Gasteiger partial charge is 0.366 e. The maximum absolute atomic E-state index is 12.0. The zero-order valence-corrected chi connectivity index (χ0v) is 11.7. The van der Waals surface area contributed by atoms with Crippen molar-refractivity contribution in [3.05, 3.63) is 16.5 Å². The lowest BCUT2D eigenvalue weighted by Gasteiger charge is -2.37. The van der Waals surface area contributed by atoms with E-state index in [4.69, 9.17) is 11.6 Å². The van der Waals surface area contributed by atoms with E-state index in [-0.39, 0.29) is 17.3 Å². The Kier molecular flexibility index (Phi) is 4.12. The van der Waals surface area contributed by atoms with Crippen molar-refractivity contribution in [3.63, 3.8) is 0 Å². The average Bonchev–Trinajstić information content (AvgIpc) is 2.60. The van der Waals surface area contributed by atoms with Crippen molar-refractivity contribution < 1.29 is 26.3 Å². The summed E-state index contributed by atoms with van der Waals surface area (Å²) in [7, 11) is -3.66. The lowest BCUT2D eigenvalue weighted by molar-refractivity contribution is -0.194. The predicted molar refractivity (Wildman–Crippen MR) is 63.9 cm³/mol. The normalized spacial score (nSPS) is 18.5. The van der Waals surface area contributed by atoms with Gasteiger partial charge in [0.05, 0.1) is 10.4 Å². The van der Waals surface area contributed by atoms with Crippen LogP contribution in [-0.4, -0.2) is 44.7 Å². The standard InChI is InChI=1S/C9H9ClF3NO3S2/c10-7-1-2-8(18-7)19(15,16)14-3-6(4-14)17-5-9(11,12)13/h1-2,6H,3-5H2. The fourth-order valence-electron chi connectivity index (χ4n) is 1.48. The highest BCUT2D eigenvalue weighted by Gasteiger charge is 2.40. The third-order valence-electron chi connectivity index (χ3n) is 2.44. The first-order valence-corrected chi connectivity index (χ1v) is 7.76. The van der Waals surface area contributed by atoms with Crippen molar-refractivity contribution in [2.45, 2.75) is 16.5 Å². The van der Waals surface area contributed by atoms with E-state index >= 15 is 0 Å². The molecular weight excluding hydrogens is 327 g/mol. The van der Waals surface area contributed by atoms with Crippen LogP contribution in [0.4, 0.5) is 13.2 Å². The molecule has 1 aromatic rings. The monoisotopic (exact) mass is 335 g/mol. The van der Waals surface area contributed by atoms with Gasteiger partial charge in [-0.25, -0.2) is 8.42 Å². The molecule has 0 saturated carbocycles. The number of hydrogen-bond acceptors (Lipinski definition) is 4. The predicted octanol–water partition coefficient (Wildman–Crippen LogP) is 2.35. The highest BCUT2D eigenvalue weighted by Crippen LogP contribution is 2.31. The molecule has 2 heterocycles. The summed E-state index contributed by atoms with van der Waals surface area (Å²) in [5.74, 6) is 0. The SMILES string of the molecule is O=S(=O)(c1ccc(Cl)s1)N1CC(OCC(F)(F)F)C1. The fourth-order valence-corrected chi connectivity index (χ4v) is 4.62. The molecule has 0 atom stereocenters. The van der Waals surface area contributed by atoms with Crippen LogP contribution in [0.3, 0.4) is 0 Å². The van der Waals surface area contributed by atoms with Gasteiger partial charge in [-0.1, -0.05) is 11.6 Å². The lowest BCUT2D eigenvalue weighted by atomic mass is 10.2. The molecule has 0 aromatic carbocycles. The summed E-state index contributed by atoms with van der Waals surface area (Å²) in [6, 6.07) is 2.82. The van der Waals surface area contributed by atoms with Crippen LogP contribution < -0.4 is 0 Å². The molecule has 1 aromatic heterocycles. The molecule has 2 rings (SSSR count). The molecule has 0 amide bonds. The molecule has 0 unspecified atom stereocenters. The van der Waals surface area contributed by atoms with Gasteiger partial charge in [-0.15, -0.1) is 11.3 Å². The minimum Gasteiger partial charge on any atom is -0.366 e. The zero-order valence-electron chi connectivity index (χ0n) is 9.35. The molecule has 0 N–H and O–H groups in total. The Hall–Kier alpha value is -0.350. The number of hydrogen-bond donors (Lipinski definition) is 0. The summed E-state index contributed by atoms with van der Waals surface area (Å²) in [4.78, 5) is 0. The van der Waals surface area contributed by atoms with Crippen molar-refractivity contribution in [2.75, 3.05) is 19.7 Å². The summed E-state index contributed by atoms with van der Waals surface area (Å²) in [5, 5.41) is 0. The first-order chi connectivity index (χ1) is 8.68. The Morgan fingerprint density at radius 2 is 2.05 bits per heavy atom. The molecule has 19 heavy (non-hydrogen) atoms. The van der Waals surface area contributed by atoms with Gasteiger partial charge in [-0.05, 0) is 12.1 Å². The number of sulfonamides is 1. The molecule has 10 heteroatoms. The van der Waals surface area contributed by atoms with Gasteiger partial charge in [0, 0.05) is 13.1 Å². The van der Waals surface area contributed by atoms with Gasteiger partial charge < -0.3 is 4.74 Å². The maximum Gasteiger partial charge on any atom is 0.411 e. The van der Waals surface area contributed by atoms with Gasteiger partial charge >= 0.3 is 6.18 Å². The van der Waals surface area contributed by atoms with Gasteiger partial charge in [0.15, 0.2) is 0 Å². The third-order valence-corrected chi connectivity index (χ3v) is 5.97. The molecule has 1 aliphatic heterocycles. The Bertz CT molecular complexity index is 551. The Labute approximate surface area is 116 Å². The van der Waals surface area contributed by atoms with Gasteiger partial charge in [-0.3, -0.25) is 0 Å². The van der Waals surface area contributed by atoms with E-state index < -0.39 is 28.9 Å². The van der Waals surface area contributed by atoms with Crippen LogP contribution in [0.5, 0.6) is 0 Å². The van der Waals surface area contributed by atoms with Crippen molar-refractivity contribution in [3.8, 4) is 0 Å². The molecule has 1 saturated heterocycles. The summed E-state index contributed by atoms with van der Waals surface area (Å²) in [6.07, 6.45) is -5.12. The first-order valence-electron chi connectivity index (χ1n) is 5.12. The maximum atomic E-state index is 12.0. The molecule has 0 spiro atoms. The molecule has 0 radical (unpaired) electrons. The zero-order chi connectivity index (χ0) is 14.3. The molecule has 0 aliphatic carbocycles. The Morgan fingerprint density at radius 1 is 1.42 bits per heavy atom. The molecule has 108 valence electrons. The van der Waals surface area contributed by atoms with Crippen LogP contribution in [0, 0.1) is 0 Å². The molecule has 1 aliphatic rings. The summed E-state index contributed by atoms with van der Waals surface area (Å²) in [6.45, 7) is -1.52. The first kappa shape index (κ1) is 15.0. The second kappa shape index (κ2) is 5.21. The van der Waals surface area contributed by atoms with Gasteiger partial charge in [0.2, 0.25) is 0 Å². The number of nitrogens with zero attached hydrogens (tertiary/aromatic N) is 1. The fraction of sp³-hybridized carbons (Fsp3) is 0.556. The Balaban J connectivity index is 1.90. The van der Waals surface area contributed by atoms with E-state index in [0.717, 1.165) is 15.6 Å². The van der Waals surface area contributed by atoms with E-state index in [0.29, 0.717) is 4.34 Å². The van der Waals surface area contributed by atoms with Crippen molar-refractivity contribution in [1.82, 2.24) is 4.31 Å². The van der Waals surface area contributed by atoms with E-state index in [9.17, 15) is 21.6 Å². The number of alkyl halides is 3. The highest BCUT2D eigenvalue weighted by molar-refractivity contribution is 7.91. The molecule has 4 nitrogen and oxygen atoms in total. The van der Waals surface area contributed by atoms with E-state index in [2.05, 4.69) is 4.74 Å². The highest BCUT2D eigenvalue weighted by atomic mass is 35.5. The number of ether oxygens (including phenoxy) is 1. The second-order valence-electron chi connectivity index (χ2n) is 3.93. The van der Waals surface area contributed by atoms with Crippen molar-refractivity contribution in [1.29, 1.82) is 0 Å². The molecule has 1 fully saturated rings. The number of thiophene rings is 1. The minimum atomic E-state index is -4.40. The topological polar surface area (TPSA) is 46.6 Å². The summed E-state index contributed by atoms with van der Waals surface area (Å²) in [5.41, 5.74) is 0. The second-order valence-corrected chi connectivity index (χ2v) is 7.81. The average molecular weight is 336 g/mol. The van der Waals surface area contributed by atoms with Crippen molar-refractivity contribution >= 4 is 33.0 Å². The van der Waals surface area contributed by atoms with Crippen LogP contribution in [0.15, 0.2) is 16.3 Å². The minimum absolute atomic E-state index is 0.0755. The van der Waals surface area contributed by atoms with Crippen LogP contribution >= 0.6 is 22.9 Å². The summed E-state index contributed by atoms with van der Waals surface area (Å²) < 4.78 is 65.7. The van der Waals surface area contributed by atoms with E-state index in [1.807, 2.05) is 0 Å². The molecule has 0 bridgehead atoms. The summed E-state index contributed by atoms with van der Waals surface area (Å²) >= 11 is 6.55. The van der Waals surface area contributed by atoms with Gasteiger partial charge in [-0.2, -0.15) is 17.5 Å². The van der Waals surface area contributed by atoms with E-state index in [1.165, 1.54) is 12.1 Å². The van der Waals surface area contributed by atoms with Gasteiger partial charge in [0.25, 0.3) is 10.0 Å². The van der Waals surface area contributed by atoms with Crippen LogP contribution in [-0.2, 0) is 14.8 Å². The van der Waals surface area contributed by atoms with Crippen LogP contribution in [0.1, 0.15) is 0 Å². The molecular formula is C9H9ClF3NO3S2. The van der Waals surface area contributed by atoms with E-state index in [1.54, 1.807) is 0 Å². The van der Waals surface area contributed by atoms with Crippen molar-refractivity contribution in [2.24, 2.45) is 0 Å². The largest absolute Gasteiger partial charge is 0.411 e.